The first-order valence-corrected chi connectivity index (χ1v) is 10.7. The van der Waals surface area contributed by atoms with E-state index in [1.165, 1.54) is 0 Å². The van der Waals surface area contributed by atoms with Crippen molar-refractivity contribution in [2.75, 3.05) is 17.2 Å². The summed E-state index contributed by atoms with van der Waals surface area (Å²) in [5.74, 6) is 0.511. The van der Waals surface area contributed by atoms with Crippen molar-refractivity contribution in [3.05, 3.63) is 52.9 Å². The Kier molecular flexibility index (Phi) is 5.31. The van der Waals surface area contributed by atoms with Crippen LogP contribution >= 0.6 is 11.6 Å². The van der Waals surface area contributed by atoms with Crippen LogP contribution in [0, 0.1) is 0 Å². The average Bonchev–Trinajstić information content (AvgIpc) is 3.42. The number of aromatic amines is 1. The summed E-state index contributed by atoms with van der Waals surface area (Å²) in [7, 11) is 0. The molecule has 1 amide bonds. The summed E-state index contributed by atoms with van der Waals surface area (Å²) >= 11 is 6.07. The summed E-state index contributed by atoms with van der Waals surface area (Å²) in [5.41, 5.74) is 3.22. The standard InChI is InChI=1S/C21H20ClN9O2/c1-2-31-10-15(29-30-31)28-21-24-9-7-13(27-21)17-18(16-12(25-17)6-8-23-20(16)33)26-14-5-3-4-11(22)19(14)32/h3-5,7,9-10,25-26,32H,2,6,8H2,1H3,(H,23,33)(H,24,27,28). The van der Waals surface area contributed by atoms with Gasteiger partial charge in [0.15, 0.2) is 11.6 Å². The van der Waals surface area contributed by atoms with Crippen molar-refractivity contribution < 1.29 is 9.90 Å². The number of amides is 1. The Morgan fingerprint density at radius 2 is 2.15 bits per heavy atom. The van der Waals surface area contributed by atoms with E-state index in [1.54, 1.807) is 41.3 Å². The number of carbonyl (C=O) groups is 1. The molecule has 1 aliphatic heterocycles. The monoisotopic (exact) mass is 465 g/mol. The van der Waals surface area contributed by atoms with Crippen LogP contribution in [0.1, 0.15) is 23.0 Å². The summed E-state index contributed by atoms with van der Waals surface area (Å²) in [6.07, 6.45) is 3.99. The fourth-order valence-corrected chi connectivity index (χ4v) is 3.80. The number of carbonyl (C=O) groups excluding carboxylic acids is 1. The number of rotatable bonds is 6. The van der Waals surface area contributed by atoms with Crippen LogP contribution in [0.2, 0.25) is 5.02 Å². The Balaban J connectivity index is 1.56. The van der Waals surface area contributed by atoms with Gasteiger partial charge >= 0.3 is 0 Å². The van der Waals surface area contributed by atoms with Crippen molar-refractivity contribution in [1.82, 2.24) is 35.3 Å². The molecule has 0 spiro atoms. The normalized spacial score (nSPS) is 12.8. The Morgan fingerprint density at radius 1 is 1.27 bits per heavy atom. The second kappa shape index (κ2) is 8.43. The van der Waals surface area contributed by atoms with E-state index in [0.29, 0.717) is 59.6 Å². The molecule has 5 rings (SSSR count). The van der Waals surface area contributed by atoms with Crippen molar-refractivity contribution >= 4 is 40.6 Å². The van der Waals surface area contributed by atoms with Gasteiger partial charge in [-0.3, -0.25) is 9.48 Å². The minimum atomic E-state index is -0.216. The molecule has 4 heterocycles. The SMILES string of the molecule is CCn1cc(Nc2nccc(-c3[nH]c4c(c3Nc3cccc(Cl)c3O)C(=O)NCC4)n2)nn1. The smallest absolute Gasteiger partial charge is 0.255 e. The molecule has 0 unspecified atom stereocenters. The second-order valence-electron chi connectivity index (χ2n) is 7.35. The Morgan fingerprint density at radius 3 is 2.97 bits per heavy atom. The van der Waals surface area contributed by atoms with E-state index in [2.05, 4.69) is 41.2 Å². The number of hydrogen-bond donors (Lipinski definition) is 5. The maximum atomic E-state index is 12.7. The molecular weight excluding hydrogens is 446 g/mol. The van der Waals surface area contributed by atoms with Crippen LogP contribution in [0.5, 0.6) is 5.75 Å². The van der Waals surface area contributed by atoms with Gasteiger partial charge in [-0.05, 0) is 25.1 Å². The fourth-order valence-electron chi connectivity index (χ4n) is 3.63. The molecule has 1 aromatic carbocycles. The van der Waals surface area contributed by atoms with E-state index in [-0.39, 0.29) is 16.7 Å². The van der Waals surface area contributed by atoms with Gasteiger partial charge < -0.3 is 26.0 Å². The van der Waals surface area contributed by atoms with Crippen molar-refractivity contribution in [1.29, 1.82) is 0 Å². The molecule has 12 heteroatoms. The Labute approximate surface area is 193 Å². The first-order chi connectivity index (χ1) is 16.0. The highest BCUT2D eigenvalue weighted by Gasteiger charge is 2.28. The van der Waals surface area contributed by atoms with Crippen LogP contribution in [-0.2, 0) is 13.0 Å². The van der Waals surface area contributed by atoms with Gasteiger partial charge in [-0.15, -0.1) is 5.10 Å². The van der Waals surface area contributed by atoms with Crippen molar-refractivity contribution in [2.24, 2.45) is 0 Å². The Hall–Kier alpha value is -4.12. The molecule has 3 aromatic heterocycles. The number of nitrogens with one attached hydrogen (secondary N) is 4. The van der Waals surface area contributed by atoms with Gasteiger partial charge in [0.1, 0.15) is 0 Å². The minimum Gasteiger partial charge on any atom is -0.504 e. The third kappa shape index (κ3) is 3.94. The molecule has 0 bridgehead atoms. The van der Waals surface area contributed by atoms with Gasteiger partial charge in [-0.25, -0.2) is 9.97 Å². The predicted molar refractivity (Wildman–Crippen MR) is 123 cm³/mol. The van der Waals surface area contributed by atoms with Gasteiger partial charge in [0.2, 0.25) is 5.95 Å². The molecular formula is C21H20ClN9O2. The lowest BCUT2D eigenvalue weighted by Gasteiger charge is -2.15. The molecule has 0 saturated heterocycles. The van der Waals surface area contributed by atoms with Gasteiger partial charge in [-0.1, -0.05) is 22.9 Å². The van der Waals surface area contributed by atoms with E-state index in [9.17, 15) is 9.90 Å². The molecule has 0 atom stereocenters. The van der Waals surface area contributed by atoms with E-state index in [1.807, 2.05) is 6.92 Å². The first kappa shape index (κ1) is 20.8. The number of benzene rings is 1. The Bertz CT molecular complexity index is 1350. The fraction of sp³-hybridized carbons (Fsp3) is 0.190. The zero-order valence-electron chi connectivity index (χ0n) is 17.6. The maximum Gasteiger partial charge on any atom is 0.255 e. The number of nitrogens with zero attached hydrogens (tertiary/aromatic N) is 5. The third-order valence-corrected chi connectivity index (χ3v) is 5.53. The number of anilines is 4. The van der Waals surface area contributed by atoms with Crippen LogP contribution in [0.3, 0.4) is 0 Å². The summed E-state index contributed by atoms with van der Waals surface area (Å²) in [5, 5.41) is 27.7. The number of aromatic hydroxyl groups is 1. The van der Waals surface area contributed by atoms with E-state index >= 15 is 0 Å². The largest absolute Gasteiger partial charge is 0.504 e. The lowest BCUT2D eigenvalue weighted by atomic mass is 10.1. The van der Waals surface area contributed by atoms with Crippen molar-refractivity contribution in [3.63, 3.8) is 0 Å². The van der Waals surface area contributed by atoms with Crippen LogP contribution in [0.4, 0.5) is 23.1 Å². The van der Waals surface area contributed by atoms with Gasteiger partial charge in [-0.2, -0.15) is 0 Å². The number of phenols is 1. The number of para-hydroxylation sites is 1. The number of hydrogen-bond acceptors (Lipinski definition) is 8. The number of halogens is 1. The number of aryl methyl sites for hydroxylation is 1. The first-order valence-electron chi connectivity index (χ1n) is 10.3. The molecule has 5 N–H and O–H groups in total. The minimum absolute atomic E-state index is 0.111. The average molecular weight is 466 g/mol. The molecule has 168 valence electrons. The van der Waals surface area contributed by atoms with Gasteiger partial charge in [0, 0.05) is 31.4 Å². The molecule has 4 aromatic rings. The highest BCUT2D eigenvalue weighted by Crippen LogP contribution is 2.40. The molecule has 0 radical (unpaired) electrons. The maximum absolute atomic E-state index is 12.7. The molecule has 11 nitrogen and oxygen atoms in total. The number of phenolic OH excluding ortho intramolecular Hbond substituents is 1. The number of aromatic nitrogens is 6. The summed E-state index contributed by atoms with van der Waals surface area (Å²) < 4.78 is 1.68. The van der Waals surface area contributed by atoms with Crippen LogP contribution < -0.4 is 16.0 Å². The van der Waals surface area contributed by atoms with Crippen molar-refractivity contribution in [2.45, 2.75) is 19.9 Å². The molecule has 1 aliphatic rings. The highest BCUT2D eigenvalue weighted by molar-refractivity contribution is 6.32. The quantitative estimate of drug-likeness (QED) is 0.273. The van der Waals surface area contributed by atoms with Crippen LogP contribution in [-0.4, -0.2) is 47.5 Å². The number of fused-ring (bicyclic) bond motifs is 1. The second-order valence-corrected chi connectivity index (χ2v) is 7.75. The molecule has 0 saturated carbocycles. The summed E-state index contributed by atoms with van der Waals surface area (Å²) in [6.45, 7) is 3.18. The van der Waals surface area contributed by atoms with Crippen molar-refractivity contribution in [3.8, 4) is 17.1 Å². The zero-order chi connectivity index (χ0) is 22.9. The summed E-state index contributed by atoms with van der Waals surface area (Å²) in [6, 6.07) is 6.69. The van der Waals surface area contributed by atoms with E-state index in [4.69, 9.17) is 11.6 Å². The highest BCUT2D eigenvalue weighted by atomic mass is 35.5. The van der Waals surface area contributed by atoms with Gasteiger partial charge in [0.05, 0.1) is 39.5 Å². The predicted octanol–water partition coefficient (Wildman–Crippen LogP) is 3.22. The zero-order valence-corrected chi connectivity index (χ0v) is 18.3. The topological polar surface area (TPSA) is 146 Å². The summed E-state index contributed by atoms with van der Waals surface area (Å²) in [4.78, 5) is 24.9. The van der Waals surface area contributed by atoms with Crippen LogP contribution in [0.25, 0.3) is 11.4 Å². The van der Waals surface area contributed by atoms with Gasteiger partial charge in [0.25, 0.3) is 5.91 Å². The lowest BCUT2D eigenvalue weighted by molar-refractivity contribution is 0.0947. The molecule has 33 heavy (non-hydrogen) atoms. The third-order valence-electron chi connectivity index (χ3n) is 5.23. The molecule has 0 aliphatic carbocycles. The van der Waals surface area contributed by atoms with E-state index in [0.717, 1.165) is 5.69 Å². The van der Waals surface area contributed by atoms with E-state index < -0.39 is 0 Å². The number of H-pyrrole nitrogens is 1. The lowest BCUT2D eigenvalue weighted by Crippen LogP contribution is -2.31. The van der Waals surface area contributed by atoms with Crippen LogP contribution in [0.15, 0.2) is 36.7 Å². The molecule has 0 fully saturated rings.